The van der Waals surface area contributed by atoms with E-state index >= 15 is 0 Å². The maximum Gasteiger partial charge on any atom is 0.313 e. The Labute approximate surface area is 114 Å². The van der Waals surface area contributed by atoms with E-state index in [4.69, 9.17) is 5.11 Å². The summed E-state index contributed by atoms with van der Waals surface area (Å²) in [7, 11) is 1.70. The van der Waals surface area contributed by atoms with Crippen molar-refractivity contribution in [2.75, 3.05) is 5.75 Å². The van der Waals surface area contributed by atoms with E-state index in [0.29, 0.717) is 16.5 Å². The van der Waals surface area contributed by atoms with Crippen molar-refractivity contribution >= 4 is 17.7 Å². The van der Waals surface area contributed by atoms with Gasteiger partial charge in [0.1, 0.15) is 5.75 Å². The van der Waals surface area contributed by atoms with Crippen molar-refractivity contribution in [2.45, 2.75) is 12.1 Å². The molecule has 0 radical (unpaired) electrons. The Morgan fingerprint density at radius 1 is 1.47 bits per heavy atom. The molecule has 1 aromatic carbocycles. The Bertz CT molecular complexity index is 625. The molecule has 2 aromatic rings. The van der Waals surface area contributed by atoms with E-state index in [1.807, 2.05) is 6.07 Å². The highest BCUT2D eigenvalue weighted by Crippen LogP contribution is 2.25. The highest BCUT2D eigenvalue weighted by molar-refractivity contribution is 7.99. The predicted molar refractivity (Wildman–Crippen MR) is 71.2 cm³/mol. The van der Waals surface area contributed by atoms with Crippen LogP contribution >= 0.6 is 11.8 Å². The number of nitrogens with zero attached hydrogens (tertiary/aromatic N) is 3. The van der Waals surface area contributed by atoms with E-state index < -0.39 is 5.97 Å². The molecule has 0 saturated heterocycles. The normalized spacial score (nSPS) is 10.6. The fraction of sp³-hybridized carbons (Fsp3) is 0.250. The number of aryl methyl sites for hydroxylation is 2. The number of phenols is 1. The van der Waals surface area contributed by atoms with Gasteiger partial charge in [0.15, 0.2) is 11.0 Å². The second kappa shape index (κ2) is 5.31. The Balaban J connectivity index is 2.28. The second-order valence-electron chi connectivity index (χ2n) is 4.03. The summed E-state index contributed by atoms with van der Waals surface area (Å²) in [5.41, 5.74) is 1.47. The third kappa shape index (κ3) is 3.05. The predicted octanol–water partition coefficient (Wildman–Crippen LogP) is 1.67. The molecule has 1 heterocycles. The van der Waals surface area contributed by atoms with Crippen molar-refractivity contribution in [3.8, 4) is 17.1 Å². The fourth-order valence-electron chi connectivity index (χ4n) is 1.49. The molecule has 0 atom stereocenters. The smallest absolute Gasteiger partial charge is 0.313 e. The van der Waals surface area contributed by atoms with Gasteiger partial charge in [-0.25, -0.2) is 9.67 Å². The van der Waals surface area contributed by atoms with Crippen LogP contribution in [0.15, 0.2) is 23.4 Å². The lowest BCUT2D eigenvalue weighted by Crippen LogP contribution is -2.00. The number of carboxylic acids is 1. The van der Waals surface area contributed by atoms with Gasteiger partial charge in [-0.3, -0.25) is 4.79 Å². The lowest BCUT2D eigenvalue weighted by atomic mass is 10.1. The highest BCUT2D eigenvalue weighted by atomic mass is 32.2. The van der Waals surface area contributed by atoms with Crippen molar-refractivity contribution in [1.29, 1.82) is 0 Å². The lowest BCUT2D eigenvalue weighted by molar-refractivity contribution is -0.133. The van der Waals surface area contributed by atoms with Gasteiger partial charge in [0.2, 0.25) is 0 Å². The Hall–Kier alpha value is -2.02. The zero-order chi connectivity index (χ0) is 14.0. The Kier molecular flexibility index (Phi) is 3.75. The third-order valence-corrected chi connectivity index (χ3v) is 3.52. The zero-order valence-corrected chi connectivity index (χ0v) is 11.3. The number of aromatic hydroxyl groups is 1. The molecule has 0 spiro atoms. The molecule has 2 rings (SSSR count). The molecule has 19 heavy (non-hydrogen) atoms. The molecule has 0 aliphatic heterocycles. The van der Waals surface area contributed by atoms with Crippen LogP contribution in [0, 0.1) is 6.92 Å². The number of rotatable bonds is 4. The molecule has 7 heteroatoms. The van der Waals surface area contributed by atoms with Crippen LogP contribution in [0.1, 0.15) is 5.56 Å². The lowest BCUT2D eigenvalue weighted by Gasteiger charge is -1.99. The van der Waals surface area contributed by atoms with Crippen molar-refractivity contribution in [2.24, 2.45) is 7.05 Å². The molecule has 1 aromatic heterocycles. The van der Waals surface area contributed by atoms with E-state index in [0.717, 1.165) is 17.3 Å². The number of hydrogen-bond donors (Lipinski definition) is 2. The van der Waals surface area contributed by atoms with Gasteiger partial charge in [0.05, 0.1) is 5.75 Å². The molecular formula is C12H13N3O3S. The zero-order valence-electron chi connectivity index (χ0n) is 10.5. The molecule has 0 bridgehead atoms. The average molecular weight is 279 g/mol. The third-order valence-electron chi connectivity index (χ3n) is 2.52. The summed E-state index contributed by atoms with van der Waals surface area (Å²) in [5, 5.41) is 23.0. The summed E-state index contributed by atoms with van der Waals surface area (Å²) in [6.45, 7) is 1.80. The molecule has 0 aliphatic carbocycles. The maximum absolute atomic E-state index is 10.5. The first-order valence-corrected chi connectivity index (χ1v) is 6.51. The summed E-state index contributed by atoms with van der Waals surface area (Å²) >= 11 is 1.11. The van der Waals surface area contributed by atoms with Gasteiger partial charge in [-0.05, 0) is 18.6 Å². The number of aliphatic carboxylic acids is 1. The van der Waals surface area contributed by atoms with E-state index in [1.54, 1.807) is 26.1 Å². The number of aromatic nitrogens is 3. The van der Waals surface area contributed by atoms with Gasteiger partial charge < -0.3 is 10.2 Å². The van der Waals surface area contributed by atoms with Crippen LogP contribution < -0.4 is 0 Å². The first-order chi connectivity index (χ1) is 8.97. The standard InChI is InChI=1S/C12H13N3O3S/c1-7-3-4-8(5-9(7)16)11-13-12(15(2)14-11)19-6-10(17)18/h3-5,16H,6H2,1-2H3,(H,17,18). The minimum Gasteiger partial charge on any atom is -0.508 e. The molecule has 2 N–H and O–H groups in total. The summed E-state index contributed by atoms with van der Waals surface area (Å²) < 4.78 is 1.53. The van der Waals surface area contributed by atoms with Crippen LogP contribution in [0.5, 0.6) is 5.75 Å². The molecule has 100 valence electrons. The molecular weight excluding hydrogens is 266 g/mol. The van der Waals surface area contributed by atoms with Crippen molar-refractivity contribution < 1.29 is 15.0 Å². The number of carboxylic acid groups (broad SMARTS) is 1. The topological polar surface area (TPSA) is 88.2 Å². The van der Waals surface area contributed by atoms with Gasteiger partial charge >= 0.3 is 5.97 Å². The summed E-state index contributed by atoms with van der Waals surface area (Å²) in [5.74, 6) is -0.316. The highest BCUT2D eigenvalue weighted by Gasteiger charge is 2.12. The number of benzene rings is 1. The van der Waals surface area contributed by atoms with Crippen LogP contribution in [0.25, 0.3) is 11.4 Å². The van der Waals surface area contributed by atoms with Crippen LogP contribution in [-0.2, 0) is 11.8 Å². The quantitative estimate of drug-likeness (QED) is 0.828. The molecule has 0 unspecified atom stereocenters. The van der Waals surface area contributed by atoms with Crippen LogP contribution in [0.2, 0.25) is 0 Å². The number of thioether (sulfide) groups is 1. The van der Waals surface area contributed by atoms with Gasteiger partial charge in [0, 0.05) is 12.6 Å². The molecule has 0 saturated carbocycles. The van der Waals surface area contributed by atoms with Gasteiger partial charge in [-0.2, -0.15) is 5.10 Å². The summed E-state index contributed by atoms with van der Waals surface area (Å²) in [4.78, 5) is 14.8. The van der Waals surface area contributed by atoms with Crippen LogP contribution in [-0.4, -0.2) is 36.7 Å². The molecule has 0 fully saturated rings. The SMILES string of the molecule is Cc1ccc(-c2nc(SCC(=O)O)n(C)n2)cc1O. The Morgan fingerprint density at radius 2 is 2.21 bits per heavy atom. The van der Waals surface area contributed by atoms with E-state index in [2.05, 4.69) is 10.1 Å². The van der Waals surface area contributed by atoms with E-state index in [1.165, 1.54) is 4.68 Å². The van der Waals surface area contributed by atoms with Crippen LogP contribution in [0.4, 0.5) is 0 Å². The van der Waals surface area contributed by atoms with E-state index in [-0.39, 0.29) is 11.5 Å². The van der Waals surface area contributed by atoms with Crippen molar-refractivity contribution in [3.63, 3.8) is 0 Å². The van der Waals surface area contributed by atoms with Gasteiger partial charge in [-0.1, -0.05) is 23.9 Å². The van der Waals surface area contributed by atoms with Crippen molar-refractivity contribution in [1.82, 2.24) is 14.8 Å². The summed E-state index contributed by atoms with van der Waals surface area (Å²) in [6, 6.07) is 5.19. The number of hydrogen-bond acceptors (Lipinski definition) is 5. The first kappa shape index (κ1) is 13.4. The fourth-order valence-corrected chi connectivity index (χ4v) is 2.12. The number of phenolic OH excluding ortho intramolecular Hbond substituents is 1. The maximum atomic E-state index is 10.5. The van der Waals surface area contributed by atoms with Gasteiger partial charge in [0.25, 0.3) is 0 Å². The second-order valence-corrected chi connectivity index (χ2v) is 4.97. The minimum absolute atomic E-state index is 0.0644. The number of carbonyl (C=O) groups is 1. The monoisotopic (exact) mass is 279 g/mol. The van der Waals surface area contributed by atoms with Crippen LogP contribution in [0.3, 0.4) is 0 Å². The average Bonchev–Trinajstić information content (AvgIpc) is 2.71. The van der Waals surface area contributed by atoms with E-state index in [9.17, 15) is 9.90 Å². The largest absolute Gasteiger partial charge is 0.508 e. The Morgan fingerprint density at radius 3 is 2.84 bits per heavy atom. The summed E-state index contributed by atoms with van der Waals surface area (Å²) in [6.07, 6.45) is 0. The molecule has 6 nitrogen and oxygen atoms in total. The van der Waals surface area contributed by atoms with Gasteiger partial charge in [-0.15, -0.1) is 0 Å². The minimum atomic E-state index is -0.900. The first-order valence-electron chi connectivity index (χ1n) is 5.53. The molecule has 0 aliphatic rings. The van der Waals surface area contributed by atoms with Crippen molar-refractivity contribution in [3.05, 3.63) is 23.8 Å². The molecule has 0 amide bonds.